The molecule has 0 fully saturated rings. The van der Waals surface area contributed by atoms with Gasteiger partial charge in [-0.2, -0.15) is 4.99 Å². The molecule has 1 heterocycles. The Hall–Kier alpha value is -4.90. The number of guanidine groups is 1. The maximum atomic E-state index is 9.26. The molecule has 3 aromatic rings. The van der Waals surface area contributed by atoms with Gasteiger partial charge in [0.2, 0.25) is 5.96 Å². The van der Waals surface area contributed by atoms with Crippen LogP contribution >= 0.6 is 0 Å². The van der Waals surface area contributed by atoms with Gasteiger partial charge in [0.25, 0.3) is 0 Å². The third-order valence-corrected chi connectivity index (χ3v) is 8.38. The smallest absolute Gasteiger partial charge is 0.225 e. The Morgan fingerprint density at radius 3 is 2.12 bits per heavy atom. The third kappa shape index (κ3) is 5.63. The van der Waals surface area contributed by atoms with Gasteiger partial charge in [-0.1, -0.05) is 110 Å². The van der Waals surface area contributed by atoms with Gasteiger partial charge in [-0.3, -0.25) is 10.3 Å². The van der Waals surface area contributed by atoms with Gasteiger partial charge in [-0.15, -0.1) is 0 Å². The van der Waals surface area contributed by atoms with Gasteiger partial charge in [0, 0.05) is 42.3 Å². The summed E-state index contributed by atoms with van der Waals surface area (Å²) in [7, 11) is 3.92. The zero-order valence-electron chi connectivity index (χ0n) is 25.9. The summed E-state index contributed by atoms with van der Waals surface area (Å²) in [6.45, 7) is 10.8. The number of nitrogens with zero attached hydrogens (tertiary/aromatic N) is 3. The summed E-state index contributed by atoms with van der Waals surface area (Å²) in [5.74, 6) is 0.894. The minimum atomic E-state index is -0.656. The Balaban J connectivity index is 1.53. The van der Waals surface area contributed by atoms with Crippen LogP contribution in [-0.4, -0.2) is 41.2 Å². The fourth-order valence-corrected chi connectivity index (χ4v) is 5.99. The van der Waals surface area contributed by atoms with E-state index in [1.807, 2.05) is 67.2 Å². The maximum absolute atomic E-state index is 9.26. The standard InChI is InChI=1S/C38H41N5/c1-7-18-34-27(2)38(4,43(34)37(39)41-36(42(5)6)31-23-15-10-16-24-31)28(3)40-33-26-17-25-32(29-19-11-8-12-20-29)35(33)30-21-13-9-14-22-30/h7-16,18-24,26,39-40H,3,17,25H2,1-2,4-6H3/b18-7-,39-37?,41-36?. The minimum Gasteiger partial charge on any atom is -0.362 e. The van der Waals surface area contributed by atoms with Crippen molar-refractivity contribution in [1.29, 1.82) is 5.41 Å². The predicted octanol–water partition coefficient (Wildman–Crippen LogP) is 8.25. The molecule has 0 bridgehead atoms. The minimum absolute atomic E-state index is 0.165. The van der Waals surface area contributed by atoms with E-state index in [-0.39, 0.29) is 5.96 Å². The van der Waals surface area contributed by atoms with Crippen LogP contribution in [0.15, 0.2) is 143 Å². The Bertz CT molecular complexity index is 1660. The molecule has 0 saturated heterocycles. The van der Waals surface area contributed by atoms with E-state index >= 15 is 0 Å². The van der Waals surface area contributed by atoms with Gasteiger partial charge in [-0.05, 0) is 62.0 Å². The first-order valence-electron chi connectivity index (χ1n) is 14.8. The van der Waals surface area contributed by atoms with Crippen LogP contribution in [0.4, 0.5) is 0 Å². The second-order valence-corrected chi connectivity index (χ2v) is 11.3. The molecule has 5 rings (SSSR count). The average molecular weight is 568 g/mol. The van der Waals surface area contributed by atoms with Crippen LogP contribution < -0.4 is 5.32 Å². The lowest BCUT2D eigenvalue weighted by molar-refractivity contribution is 0.261. The normalized spacial score (nSPS) is 18.9. The molecule has 1 aliphatic carbocycles. The van der Waals surface area contributed by atoms with Crippen LogP contribution in [0.25, 0.3) is 11.1 Å². The van der Waals surface area contributed by atoms with E-state index in [4.69, 9.17) is 4.99 Å². The molecule has 1 atom stereocenters. The molecule has 0 radical (unpaired) electrons. The Kier molecular flexibility index (Phi) is 8.63. The van der Waals surface area contributed by atoms with Gasteiger partial charge in [0.15, 0.2) is 0 Å². The van der Waals surface area contributed by atoms with Gasteiger partial charge < -0.3 is 10.2 Å². The van der Waals surface area contributed by atoms with Gasteiger partial charge in [0.05, 0.1) is 0 Å². The molecule has 0 aromatic heterocycles. The zero-order valence-corrected chi connectivity index (χ0v) is 25.9. The molecule has 1 unspecified atom stereocenters. The number of benzene rings is 3. The van der Waals surface area contributed by atoms with E-state index in [9.17, 15) is 5.41 Å². The highest BCUT2D eigenvalue weighted by atomic mass is 15.4. The highest BCUT2D eigenvalue weighted by molar-refractivity contribution is 6.06. The molecule has 0 amide bonds. The summed E-state index contributed by atoms with van der Waals surface area (Å²) in [6, 6.07) is 31.2. The molecule has 2 aliphatic rings. The number of allylic oxidation sites excluding steroid dienone is 5. The fourth-order valence-electron chi connectivity index (χ4n) is 5.99. The largest absolute Gasteiger partial charge is 0.362 e. The lowest BCUT2D eigenvalue weighted by Gasteiger charge is -2.53. The highest BCUT2D eigenvalue weighted by Crippen LogP contribution is 2.47. The molecule has 0 saturated carbocycles. The van der Waals surface area contributed by atoms with Gasteiger partial charge >= 0.3 is 0 Å². The molecule has 218 valence electrons. The van der Waals surface area contributed by atoms with Crippen LogP contribution in [0.5, 0.6) is 0 Å². The van der Waals surface area contributed by atoms with Gasteiger partial charge in [0.1, 0.15) is 11.4 Å². The maximum Gasteiger partial charge on any atom is 0.225 e. The summed E-state index contributed by atoms with van der Waals surface area (Å²) in [5, 5.41) is 13.0. The Labute approximate surface area is 256 Å². The van der Waals surface area contributed by atoms with Crippen molar-refractivity contribution in [2.24, 2.45) is 4.99 Å². The van der Waals surface area contributed by atoms with Crippen LogP contribution in [0, 0.1) is 5.41 Å². The summed E-state index contributed by atoms with van der Waals surface area (Å²) in [4.78, 5) is 8.80. The molecule has 1 aliphatic heterocycles. The van der Waals surface area contributed by atoms with Crippen molar-refractivity contribution in [2.45, 2.75) is 39.2 Å². The van der Waals surface area contributed by atoms with E-state index in [1.54, 1.807) is 0 Å². The van der Waals surface area contributed by atoms with Gasteiger partial charge in [-0.25, -0.2) is 0 Å². The van der Waals surface area contributed by atoms with Crippen molar-refractivity contribution >= 4 is 22.9 Å². The molecule has 0 spiro atoms. The van der Waals surface area contributed by atoms with E-state index in [1.165, 1.54) is 22.3 Å². The van der Waals surface area contributed by atoms with Crippen LogP contribution in [0.2, 0.25) is 0 Å². The van der Waals surface area contributed by atoms with E-state index in [2.05, 4.69) is 98.6 Å². The zero-order chi connectivity index (χ0) is 30.6. The van der Waals surface area contributed by atoms with Crippen molar-refractivity contribution in [3.63, 3.8) is 0 Å². The fraction of sp³-hybridized carbons (Fsp3) is 0.211. The quantitative estimate of drug-likeness (QED) is 0.223. The van der Waals surface area contributed by atoms with E-state index in [0.29, 0.717) is 0 Å². The number of nitrogens with one attached hydrogen (secondary N) is 2. The van der Waals surface area contributed by atoms with E-state index in [0.717, 1.165) is 46.9 Å². The Morgan fingerprint density at radius 1 is 0.953 bits per heavy atom. The van der Waals surface area contributed by atoms with Crippen LogP contribution in [-0.2, 0) is 0 Å². The van der Waals surface area contributed by atoms with E-state index < -0.39 is 5.54 Å². The van der Waals surface area contributed by atoms with Crippen LogP contribution in [0.1, 0.15) is 50.3 Å². The molecular weight excluding hydrogens is 526 g/mol. The summed E-state index contributed by atoms with van der Waals surface area (Å²) in [5.41, 5.74) is 9.17. The average Bonchev–Trinajstić information content (AvgIpc) is 3.04. The summed E-state index contributed by atoms with van der Waals surface area (Å²) < 4.78 is 0. The molecular formula is C38H41N5. The number of aliphatic imine (C=N–C) groups is 1. The Morgan fingerprint density at radius 2 is 1.53 bits per heavy atom. The SMILES string of the molecule is C=C(NC1=CCCC(c2ccccc2)=C1c1ccccc1)C1(C)C(C)=C(/C=C\C)N1C(=N)N=C(c1ccccc1)N(C)C. The van der Waals surface area contributed by atoms with Crippen molar-refractivity contribution in [3.05, 3.63) is 155 Å². The second-order valence-electron chi connectivity index (χ2n) is 11.3. The first kappa shape index (κ1) is 29.6. The van der Waals surface area contributed by atoms with Crippen molar-refractivity contribution in [1.82, 2.24) is 15.1 Å². The molecule has 5 nitrogen and oxygen atoms in total. The second kappa shape index (κ2) is 12.5. The number of hydrogen-bond acceptors (Lipinski definition) is 2. The van der Waals surface area contributed by atoms with Crippen molar-refractivity contribution in [3.8, 4) is 0 Å². The van der Waals surface area contributed by atoms with Crippen molar-refractivity contribution < 1.29 is 0 Å². The predicted molar refractivity (Wildman–Crippen MR) is 181 cm³/mol. The third-order valence-electron chi connectivity index (χ3n) is 8.38. The summed E-state index contributed by atoms with van der Waals surface area (Å²) in [6.07, 6.45) is 8.23. The number of rotatable bonds is 7. The topological polar surface area (TPSA) is 54.7 Å². The molecule has 43 heavy (non-hydrogen) atoms. The molecule has 2 N–H and O–H groups in total. The monoisotopic (exact) mass is 567 g/mol. The highest BCUT2D eigenvalue weighted by Gasteiger charge is 2.49. The number of amidine groups is 1. The molecule has 5 heteroatoms. The first-order valence-corrected chi connectivity index (χ1v) is 14.8. The lowest BCUT2D eigenvalue weighted by Crippen LogP contribution is -2.60. The number of hydrogen-bond donors (Lipinski definition) is 2. The summed E-state index contributed by atoms with van der Waals surface area (Å²) >= 11 is 0. The molecule has 3 aromatic carbocycles. The van der Waals surface area contributed by atoms with Crippen molar-refractivity contribution in [2.75, 3.05) is 14.1 Å². The lowest BCUT2D eigenvalue weighted by atomic mass is 9.77. The van der Waals surface area contributed by atoms with Crippen LogP contribution in [0.3, 0.4) is 0 Å². The first-order chi connectivity index (χ1) is 20.8.